The van der Waals surface area contributed by atoms with Gasteiger partial charge in [0.05, 0.1) is 4.92 Å². The molecule has 1 aliphatic heterocycles. The lowest BCUT2D eigenvalue weighted by molar-refractivity contribution is -0.385. The first-order valence-electron chi connectivity index (χ1n) is 8.11. The number of aryl methyl sites for hydroxylation is 1. The van der Waals surface area contributed by atoms with Gasteiger partial charge in [-0.3, -0.25) is 19.6 Å². The number of nitro groups is 1. The Balaban J connectivity index is 1.46. The minimum Gasteiger partial charge on any atom is -0.354 e. The number of anilines is 1. The van der Waals surface area contributed by atoms with Crippen molar-refractivity contribution in [3.8, 4) is 0 Å². The van der Waals surface area contributed by atoms with Crippen molar-refractivity contribution >= 4 is 17.4 Å². The quantitative estimate of drug-likeness (QED) is 0.581. The van der Waals surface area contributed by atoms with E-state index in [1.54, 1.807) is 6.20 Å². The number of carbonyl (C=O) groups is 1. The number of amides is 1. The zero-order valence-corrected chi connectivity index (χ0v) is 13.6. The summed E-state index contributed by atoms with van der Waals surface area (Å²) in [5, 5.41) is 25.4. The van der Waals surface area contributed by atoms with E-state index in [1.165, 1.54) is 17.1 Å². The van der Waals surface area contributed by atoms with E-state index < -0.39 is 4.92 Å². The normalized spacial score (nSPS) is 16.8. The van der Waals surface area contributed by atoms with E-state index in [2.05, 4.69) is 25.5 Å². The van der Waals surface area contributed by atoms with Crippen LogP contribution in [0.25, 0.3) is 0 Å². The van der Waals surface area contributed by atoms with E-state index in [0.717, 1.165) is 25.2 Å². The first-order chi connectivity index (χ1) is 12.1. The van der Waals surface area contributed by atoms with Crippen LogP contribution in [-0.4, -0.2) is 49.9 Å². The highest BCUT2D eigenvalue weighted by Gasteiger charge is 2.26. The molecule has 0 aliphatic carbocycles. The van der Waals surface area contributed by atoms with Crippen LogP contribution in [0, 0.1) is 10.1 Å². The molecule has 2 aromatic rings. The van der Waals surface area contributed by atoms with Crippen molar-refractivity contribution in [1.82, 2.24) is 25.3 Å². The van der Waals surface area contributed by atoms with E-state index in [-0.39, 0.29) is 24.1 Å². The monoisotopic (exact) mass is 345 g/mol. The predicted octanol–water partition coefficient (Wildman–Crippen LogP) is 0.757. The Morgan fingerprint density at radius 2 is 2.36 bits per heavy atom. The molecule has 132 valence electrons. The summed E-state index contributed by atoms with van der Waals surface area (Å²) in [6, 6.07) is 3.96. The second-order valence-corrected chi connectivity index (χ2v) is 5.84. The fraction of sp³-hybridized carbons (Fsp3) is 0.467. The van der Waals surface area contributed by atoms with Gasteiger partial charge in [-0.2, -0.15) is 10.2 Å². The van der Waals surface area contributed by atoms with E-state index in [1.807, 2.05) is 12.1 Å². The number of hydrogen-bond acceptors (Lipinski definition) is 7. The fourth-order valence-electron chi connectivity index (χ4n) is 2.90. The molecule has 0 unspecified atom stereocenters. The molecule has 10 nitrogen and oxygen atoms in total. The van der Waals surface area contributed by atoms with Gasteiger partial charge in [0.15, 0.2) is 5.82 Å². The summed E-state index contributed by atoms with van der Waals surface area (Å²) in [5.41, 5.74) is -0.0778. The highest BCUT2D eigenvalue weighted by molar-refractivity contribution is 5.75. The average Bonchev–Trinajstić information content (AvgIpc) is 3.28. The minimum absolute atomic E-state index is 0.0778. The standard InChI is InChI=1S/C15H19N7O3/c23-15(5-8-20-11-13(10-18-20)22(24)25)16-9-12-3-2-7-21(12)14-4-1-6-17-19-14/h1,4,6,10-12H,2-3,5,7-9H2,(H,16,23)/t12-/m1/s1. The molecule has 3 heterocycles. The van der Waals surface area contributed by atoms with Gasteiger partial charge in [0, 0.05) is 38.3 Å². The van der Waals surface area contributed by atoms with Crippen molar-refractivity contribution in [2.24, 2.45) is 0 Å². The van der Waals surface area contributed by atoms with Crippen LogP contribution >= 0.6 is 0 Å². The summed E-state index contributed by atoms with van der Waals surface area (Å²) < 4.78 is 1.40. The third-order valence-electron chi connectivity index (χ3n) is 4.16. The van der Waals surface area contributed by atoms with Gasteiger partial charge < -0.3 is 10.2 Å². The zero-order chi connectivity index (χ0) is 17.6. The summed E-state index contributed by atoms with van der Waals surface area (Å²) in [6.45, 7) is 1.74. The molecule has 0 spiro atoms. The largest absolute Gasteiger partial charge is 0.354 e. The fourth-order valence-corrected chi connectivity index (χ4v) is 2.90. The van der Waals surface area contributed by atoms with Crippen molar-refractivity contribution in [2.45, 2.75) is 31.8 Å². The molecular formula is C15H19N7O3. The second-order valence-electron chi connectivity index (χ2n) is 5.84. The van der Waals surface area contributed by atoms with Crippen LogP contribution in [-0.2, 0) is 11.3 Å². The summed E-state index contributed by atoms with van der Waals surface area (Å²) in [4.78, 5) is 24.3. The molecule has 0 bridgehead atoms. The molecule has 2 aromatic heterocycles. The molecule has 25 heavy (non-hydrogen) atoms. The molecule has 1 amide bonds. The number of hydrogen-bond donors (Lipinski definition) is 1. The lowest BCUT2D eigenvalue weighted by Crippen LogP contribution is -2.40. The van der Waals surface area contributed by atoms with Crippen LogP contribution in [0.2, 0.25) is 0 Å². The number of aromatic nitrogens is 4. The number of carbonyl (C=O) groups excluding carboxylic acids is 1. The van der Waals surface area contributed by atoms with Crippen LogP contribution in [0.1, 0.15) is 19.3 Å². The van der Waals surface area contributed by atoms with Crippen LogP contribution in [0.15, 0.2) is 30.7 Å². The molecule has 1 aliphatic rings. The Bertz CT molecular complexity index is 734. The summed E-state index contributed by atoms with van der Waals surface area (Å²) >= 11 is 0. The Morgan fingerprint density at radius 1 is 1.48 bits per heavy atom. The van der Waals surface area contributed by atoms with E-state index in [0.29, 0.717) is 13.1 Å². The Kier molecular flexibility index (Phi) is 5.17. The van der Waals surface area contributed by atoms with E-state index in [9.17, 15) is 14.9 Å². The Morgan fingerprint density at radius 3 is 3.08 bits per heavy atom. The maximum Gasteiger partial charge on any atom is 0.306 e. The van der Waals surface area contributed by atoms with Gasteiger partial charge in [0.2, 0.25) is 5.91 Å². The van der Waals surface area contributed by atoms with Gasteiger partial charge in [-0.25, -0.2) is 0 Å². The molecule has 0 saturated carbocycles. The molecule has 1 fully saturated rings. The Hall–Kier alpha value is -3.04. The summed E-state index contributed by atoms with van der Waals surface area (Å²) in [7, 11) is 0. The highest BCUT2D eigenvalue weighted by atomic mass is 16.6. The van der Waals surface area contributed by atoms with Crippen LogP contribution in [0.3, 0.4) is 0 Å². The molecule has 0 aromatic carbocycles. The zero-order valence-electron chi connectivity index (χ0n) is 13.6. The number of nitrogens with one attached hydrogen (secondary N) is 1. The molecular weight excluding hydrogens is 326 g/mol. The molecule has 1 atom stereocenters. The molecule has 3 rings (SSSR count). The maximum absolute atomic E-state index is 12.0. The first-order valence-corrected chi connectivity index (χ1v) is 8.11. The second kappa shape index (κ2) is 7.69. The minimum atomic E-state index is -0.509. The van der Waals surface area contributed by atoms with Crippen LogP contribution < -0.4 is 10.2 Å². The first kappa shape index (κ1) is 16.8. The topological polar surface area (TPSA) is 119 Å². The molecule has 10 heteroatoms. The van der Waals surface area contributed by atoms with Crippen molar-refractivity contribution in [3.05, 3.63) is 40.8 Å². The lowest BCUT2D eigenvalue weighted by Gasteiger charge is -2.25. The maximum atomic E-state index is 12.0. The van der Waals surface area contributed by atoms with Gasteiger partial charge in [-0.15, -0.1) is 5.10 Å². The Labute approximate surface area is 144 Å². The SMILES string of the molecule is O=C(CCn1cc([N+](=O)[O-])cn1)NC[C@H]1CCCN1c1cccnn1. The van der Waals surface area contributed by atoms with Crippen LogP contribution in [0.5, 0.6) is 0 Å². The van der Waals surface area contributed by atoms with Crippen molar-refractivity contribution in [3.63, 3.8) is 0 Å². The van der Waals surface area contributed by atoms with Gasteiger partial charge in [-0.1, -0.05) is 0 Å². The summed E-state index contributed by atoms with van der Waals surface area (Å²) in [5.74, 6) is 0.715. The van der Waals surface area contributed by atoms with Gasteiger partial charge in [0.25, 0.3) is 0 Å². The van der Waals surface area contributed by atoms with E-state index >= 15 is 0 Å². The van der Waals surface area contributed by atoms with Gasteiger partial charge in [0.1, 0.15) is 12.4 Å². The summed E-state index contributed by atoms with van der Waals surface area (Å²) in [6.07, 6.45) is 6.39. The lowest BCUT2D eigenvalue weighted by atomic mass is 10.2. The number of rotatable bonds is 7. The predicted molar refractivity (Wildman–Crippen MR) is 88.9 cm³/mol. The van der Waals surface area contributed by atoms with Gasteiger partial charge >= 0.3 is 5.69 Å². The van der Waals surface area contributed by atoms with Gasteiger partial charge in [-0.05, 0) is 25.0 Å². The van der Waals surface area contributed by atoms with Crippen molar-refractivity contribution in [1.29, 1.82) is 0 Å². The smallest absolute Gasteiger partial charge is 0.306 e. The molecule has 1 N–H and O–H groups in total. The van der Waals surface area contributed by atoms with E-state index in [4.69, 9.17) is 0 Å². The molecule has 0 radical (unpaired) electrons. The number of nitrogens with zero attached hydrogens (tertiary/aromatic N) is 6. The van der Waals surface area contributed by atoms with Crippen molar-refractivity contribution < 1.29 is 9.72 Å². The third-order valence-corrected chi connectivity index (χ3v) is 4.16. The highest BCUT2D eigenvalue weighted by Crippen LogP contribution is 2.22. The third kappa shape index (κ3) is 4.28. The molecule has 1 saturated heterocycles. The van der Waals surface area contributed by atoms with Crippen molar-refractivity contribution in [2.75, 3.05) is 18.0 Å². The van der Waals surface area contributed by atoms with Crippen LogP contribution in [0.4, 0.5) is 11.5 Å². The average molecular weight is 345 g/mol.